The Bertz CT molecular complexity index is 400. The van der Waals surface area contributed by atoms with Crippen LogP contribution in [0.3, 0.4) is 0 Å². The van der Waals surface area contributed by atoms with Crippen LogP contribution in [0.4, 0.5) is 0 Å². The molecule has 1 rings (SSSR count). The Hall–Kier alpha value is -1.63. The highest BCUT2D eigenvalue weighted by Crippen LogP contribution is 2.29. The molecule has 0 atom stereocenters. The summed E-state index contributed by atoms with van der Waals surface area (Å²) >= 11 is 0. The molecule has 1 amide bonds. The summed E-state index contributed by atoms with van der Waals surface area (Å²) in [5.74, 6) is -0.0930. The molecule has 6 nitrogen and oxygen atoms in total. The van der Waals surface area contributed by atoms with Gasteiger partial charge >= 0.3 is 0 Å². The summed E-state index contributed by atoms with van der Waals surface area (Å²) < 4.78 is 0. The van der Waals surface area contributed by atoms with E-state index in [-0.39, 0.29) is 25.3 Å². The normalized spacial score (nSPS) is 16.4. The number of hydrogen-bond donors (Lipinski definition) is 1. The predicted octanol–water partition coefficient (Wildman–Crippen LogP) is 0.879. The first kappa shape index (κ1) is 17.4. The van der Waals surface area contributed by atoms with Crippen LogP contribution in [-0.2, 0) is 4.79 Å². The van der Waals surface area contributed by atoms with E-state index in [1.54, 1.807) is 4.90 Å². The lowest BCUT2D eigenvalue weighted by Crippen LogP contribution is -2.45. The summed E-state index contributed by atoms with van der Waals surface area (Å²) in [4.78, 5) is 15.6. The van der Waals surface area contributed by atoms with E-state index in [0.29, 0.717) is 19.6 Å². The Kier molecular flexibility index (Phi) is 7.14. The van der Waals surface area contributed by atoms with E-state index in [1.807, 2.05) is 24.1 Å². The summed E-state index contributed by atoms with van der Waals surface area (Å²) in [5, 5.41) is 27.6. The van der Waals surface area contributed by atoms with Crippen LogP contribution in [0.2, 0.25) is 0 Å². The van der Waals surface area contributed by atoms with Gasteiger partial charge in [0.05, 0.1) is 37.1 Å². The van der Waals surface area contributed by atoms with Gasteiger partial charge in [0, 0.05) is 19.6 Å². The van der Waals surface area contributed by atoms with Gasteiger partial charge in [-0.1, -0.05) is 12.8 Å². The van der Waals surface area contributed by atoms with Gasteiger partial charge in [-0.2, -0.15) is 10.5 Å². The predicted molar refractivity (Wildman–Crippen MR) is 78.0 cm³/mol. The Morgan fingerprint density at radius 3 is 2.19 bits per heavy atom. The minimum absolute atomic E-state index is 0.0930. The van der Waals surface area contributed by atoms with Gasteiger partial charge in [-0.15, -0.1) is 0 Å². The molecule has 0 heterocycles. The second-order valence-corrected chi connectivity index (χ2v) is 5.80. The van der Waals surface area contributed by atoms with Crippen LogP contribution >= 0.6 is 0 Å². The molecule has 0 bridgehead atoms. The molecule has 0 saturated heterocycles. The molecule has 1 fully saturated rings. The first-order chi connectivity index (χ1) is 10.0. The largest absolute Gasteiger partial charge is 0.389 e. The third kappa shape index (κ3) is 6.12. The molecular weight excluding hydrogens is 268 g/mol. The number of nitriles is 2. The van der Waals surface area contributed by atoms with Gasteiger partial charge in [-0.05, 0) is 19.9 Å². The molecule has 0 radical (unpaired) electrons. The molecule has 0 aliphatic heterocycles. The quantitative estimate of drug-likeness (QED) is 0.717. The molecule has 1 aliphatic carbocycles. The van der Waals surface area contributed by atoms with Crippen LogP contribution in [0.1, 0.15) is 38.5 Å². The molecule has 6 heteroatoms. The van der Waals surface area contributed by atoms with E-state index in [1.165, 1.54) is 0 Å². The third-order valence-electron chi connectivity index (χ3n) is 3.84. The fourth-order valence-corrected chi connectivity index (χ4v) is 2.81. The minimum Gasteiger partial charge on any atom is -0.389 e. The summed E-state index contributed by atoms with van der Waals surface area (Å²) in [6.45, 7) is 1.41. The number of hydrogen-bond acceptors (Lipinski definition) is 5. The fraction of sp³-hybridized carbons (Fsp3) is 0.800. The van der Waals surface area contributed by atoms with Crippen molar-refractivity contribution in [3.8, 4) is 12.1 Å². The first-order valence-electron chi connectivity index (χ1n) is 7.43. The molecule has 0 aromatic heterocycles. The monoisotopic (exact) mass is 292 g/mol. The summed E-state index contributed by atoms with van der Waals surface area (Å²) in [6.07, 6.45) is 4.19. The second kappa shape index (κ2) is 8.61. The van der Waals surface area contributed by atoms with E-state index in [2.05, 4.69) is 0 Å². The number of aliphatic hydroxyl groups is 1. The number of rotatable bonds is 8. The lowest BCUT2D eigenvalue weighted by molar-refractivity contribution is -0.132. The maximum atomic E-state index is 12.2. The average Bonchev–Trinajstić information content (AvgIpc) is 2.84. The third-order valence-corrected chi connectivity index (χ3v) is 3.84. The smallest absolute Gasteiger partial charge is 0.236 e. The lowest BCUT2D eigenvalue weighted by Gasteiger charge is -2.30. The number of carbonyl (C=O) groups excluding carboxylic acids is 1. The molecule has 0 spiro atoms. The topological polar surface area (TPSA) is 91.4 Å². The molecular formula is C15H24N4O2. The average molecular weight is 292 g/mol. The van der Waals surface area contributed by atoms with Crippen LogP contribution in [-0.4, -0.2) is 59.6 Å². The van der Waals surface area contributed by atoms with Gasteiger partial charge in [0.1, 0.15) is 0 Å². The molecule has 1 aliphatic rings. The summed E-state index contributed by atoms with van der Waals surface area (Å²) in [6, 6.07) is 4.03. The molecule has 0 unspecified atom stereocenters. The zero-order valence-corrected chi connectivity index (χ0v) is 12.7. The van der Waals surface area contributed by atoms with E-state index in [4.69, 9.17) is 10.5 Å². The van der Waals surface area contributed by atoms with Gasteiger partial charge in [0.25, 0.3) is 0 Å². The fourth-order valence-electron chi connectivity index (χ4n) is 2.81. The Morgan fingerprint density at radius 1 is 1.19 bits per heavy atom. The molecule has 21 heavy (non-hydrogen) atoms. The van der Waals surface area contributed by atoms with Gasteiger partial charge in [-0.25, -0.2) is 0 Å². The van der Waals surface area contributed by atoms with E-state index < -0.39 is 5.60 Å². The van der Waals surface area contributed by atoms with Crippen molar-refractivity contribution in [1.82, 2.24) is 9.80 Å². The summed E-state index contributed by atoms with van der Waals surface area (Å²) in [7, 11) is 1.82. The zero-order chi connectivity index (χ0) is 15.7. The number of nitrogens with zero attached hydrogens (tertiary/aromatic N) is 4. The van der Waals surface area contributed by atoms with E-state index in [0.717, 1.165) is 25.7 Å². The van der Waals surface area contributed by atoms with Crippen LogP contribution in [0, 0.1) is 22.7 Å². The number of likely N-dealkylation sites (N-methyl/N-ethyl adjacent to an activating group) is 1. The van der Waals surface area contributed by atoms with E-state index >= 15 is 0 Å². The number of amides is 1. The van der Waals surface area contributed by atoms with E-state index in [9.17, 15) is 9.90 Å². The van der Waals surface area contributed by atoms with Gasteiger partial charge in [0.2, 0.25) is 5.91 Å². The number of carbonyl (C=O) groups is 1. The van der Waals surface area contributed by atoms with Gasteiger partial charge in [-0.3, -0.25) is 9.69 Å². The highest BCUT2D eigenvalue weighted by Gasteiger charge is 2.32. The van der Waals surface area contributed by atoms with Crippen LogP contribution in [0.5, 0.6) is 0 Å². The molecule has 116 valence electrons. The minimum atomic E-state index is -0.667. The van der Waals surface area contributed by atoms with Crippen molar-refractivity contribution >= 4 is 5.91 Å². The van der Waals surface area contributed by atoms with Crippen LogP contribution in [0.25, 0.3) is 0 Å². The standard InChI is InChI=1S/C15H24N4O2/c1-18(13-15(21)6-2-3-7-15)12-14(20)19(10-4-8-16)11-5-9-17/h21H,2-7,10-13H2,1H3. The van der Waals surface area contributed by atoms with Crippen molar-refractivity contribution in [2.24, 2.45) is 0 Å². The van der Waals surface area contributed by atoms with Gasteiger partial charge in [0.15, 0.2) is 0 Å². The summed E-state index contributed by atoms with van der Waals surface area (Å²) in [5.41, 5.74) is -0.667. The zero-order valence-electron chi connectivity index (χ0n) is 12.7. The van der Waals surface area contributed by atoms with Crippen molar-refractivity contribution in [3.05, 3.63) is 0 Å². The highest BCUT2D eigenvalue weighted by atomic mass is 16.3. The maximum absolute atomic E-state index is 12.2. The molecule has 1 saturated carbocycles. The Labute approximate surface area is 126 Å². The maximum Gasteiger partial charge on any atom is 0.236 e. The van der Waals surface area contributed by atoms with Gasteiger partial charge < -0.3 is 10.0 Å². The molecule has 0 aromatic rings. The van der Waals surface area contributed by atoms with Crippen molar-refractivity contribution in [1.29, 1.82) is 10.5 Å². The Balaban J connectivity index is 2.47. The highest BCUT2D eigenvalue weighted by molar-refractivity contribution is 5.78. The SMILES string of the molecule is CN(CC(=O)N(CCC#N)CCC#N)CC1(O)CCCC1. The second-order valence-electron chi connectivity index (χ2n) is 5.80. The van der Waals surface area contributed by atoms with Crippen molar-refractivity contribution in [3.63, 3.8) is 0 Å². The van der Waals surface area contributed by atoms with Crippen molar-refractivity contribution in [2.45, 2.75) is 44.1 Å². The Morgan fingerprint density at radius 2 is 1.71 bits per heavy atom. The van der Waals surface area contributed by atoms with Crippen LogP contribution < -0.4 is 0 Å². The van der Waals surface area contributed by atoms with Crippen molar-refractivity contribution < 1.29 is 9.90 Å². The van der Waals surface area contributed by atoms with Crippen LogP contribution in [0.15, 0.2) is 0 Å². The first-order valence-corrected chi connectivity index (χ1v) is 7.43. The molecule has 0 aromatic carbocycles. The lowest BCUT2D eigenvalue weighted by atomic mass is 10.0. The van der Waals surface area contributed by atoms with Crippen molar-refractivity contribution in [2.75, 3.05) is 33.2 Å². The molecule has 1 N–H and O–H groups in total.